The molecule has 2 aliphatic heterocycles. The first-order valence-electron chi connectivity index (χ1n) is 14.9. The molecule has 0 aromatic heterocycles. The van der Waals surface area contributed by atoms with E-state index in [0.717, 1.165) is 25.7 Å². The number of carbonyl (C=O) groups is 3. The van der Waals surface area contributed by atoms with Crippen molar-refractivity contribution in [1.29, 1.82) is 0 Å². The van der Waals surface area contributed by atoms with Crippen LogP contribution in [0.3, 0.4) is 0 Å². The molecule has 4 fully saturated rings. The Balaban J connectivity index is 1.51. The second kappa shape index (κ2) is 8.80. The second-order valence-electron chi connectivity index (χ2n) is 15.2. The van der Waals surface area contributed by atoms with Gasteiger partial charge in [-0.15, -0.1) is 0 Å². The van der Waals surface area contributed by atoms with E-state index in [0.29, 0.717) is 12.8 Å². The van der Waals surface area contributed by atoms with Gasteiger partial charge in [-0.3, -0.25) is 14.4 Å². The van der Waals surface area contributed by atoms with Gasteiger partial charge in [0, 0.05) is 19.3 Å². The topological polar surface area (TPSA) is 102 Å². The molecule has 2 saturated heterocycles. The van der Waals surface area contributed by atoms with Crippen LogP contribution in [0, 0.1) is 39.4 Å². The van der Waals surface area contributed by atoms with Crippen molar-refractivity contribution in [3.05, 3.63) is 11.1 Å². The van der Waals surface area contributed by atoms with E-state index >= 15 is 0 Å². The summed E-state index contributed by atoms with van der Waals surface area (Å²) in [6.45, 7) is 18.4. The summed E-state index contributed by atoms with van der Waals surface area (Å²) in [6, 6.07) is 0. The van der Waals surface area contributed by atoms with Crippen molar-refractivity contribution >= 4 is 17.9 Å². The number of aliphatic carboxylic acids is 1. The Kier molecular flexibility index (Phi) is 6.46. The first-order valence-corrected chi connectivity index (χ1v) is 14.9. The minimum absolute atomic E-state index is 0.0482. The number of hydrogen-bond donors (Lipinski definition) is 1. The minimum atomic E-state index is -0.922. The van der Waals surface area contributed by atoms with Crippen molar-refractivity contribution < 1.29 is 33.7 Å². The summed E-state index contributed by atoms with van der Waals surface area (Å²) in [5, 5.41) is 10.2. The van der Waals surface area contributed by atoms with Crippen LogP contribution in [0.25, 0.3) is 0 Å². The van der Waals surface area contributed by atoms with Crippen LogP contribution in [-0.2, 0) is 28.6 Å². The summed E-state index contributed by atoms with van der Waals surface area (Å²) in [5.41, 5.74) is 1.05. The first-order chi connectivity index (χ1) is 17.9. The van der Waals surface area contributed by atoms with Crippen molar-refractivity contribution in [2.45, 2.75) is 131 Å². The lowest BCUT2D eigenvalue weighted by Gasteiger charge is -2.68. The third kappa shape index (κ3) is 4.11. The molecule has 0 radical (unpaired) electrons. The van der Waals surface area contributed by atoms with Crippen molar-refractivity contribution in [2.24, 2.45) is 39.4 Å². The Bertz CT molecular complexity index is 1120. The maximum atomic E-state index is 13.1. The fraction of sp³-hybridized carbons (Fsp3) is 0.844. The van der Waals surface area contributed by atoms with Crippen LogP contribution in [-0.4, -0.2) is 46.9 Å². The van der Waals surface area contributed by atoms with Gasteiger partial charge in [0.1, 0.15) is 18.3 Å². The monoisotopic (exact) mass is 544 g/mol. The van der Waals surface area contributed by atoms with Crippen LogP contribution in [0.1, 0.15) is 107 Å². The zero-order valence-corrected chi connectivity index (χ0v) is 25.3. The van der Waals surface area contributed by atoms with Gasteiger partial charge in [-0.2, -0.15) is 0 Å². The fourth-order valence-electron chi connectivity index (χ4n) is 10.2. The molecule has 0 bridgehead atoms. The van der Waals surface area contributed by atoms with Gasteiger partial charge >= 0.3 is 17.9 Å². The van der Waals surface area contributed by atoms with Crippen molar-refractivity contribution in [3.63, 3.8) is 0 Å². The Morgan fingerprint density at radius 2 is 1.79 bits per heavy atom. The fourth-order valence-corrected chi connectivity index (χ4v) is 10.2. The molecule has 7 heteroatoms. The molecule has 218 valence electrons. The predicted molar refractivity (Wildman–Crippen MR) is 146 cm³/mol. The number of carboxylic acids is 1. The van der Waals surface area contributed by atoms with Crippen molar-refractivity contribution in [3.8, 4) is 0 Å². The molecule has 9 unspecified atom stereocenters. The van der Waals surface area contributed by atoms with Gasteiger partial charge in [0.15, 0.2) is 0 Å². The van der Waals surface area contributed by atoms with Crippen LogP contribution in [0.2, 0.25) is 0 Å². The van der Waals surface area contributed by atoms with Gasteiger partial charge in [-0.05, 0) is 87.9 Å². The van der Waals surface area contributed by atoms with E-state index in [1.807, 2.05) is 27.7 Å². The lowest BCUT2D eigenvalue weighted by molar-refractivity contribution is -0.237. The maximum absolute atomic E-state index is 13.1. The smallest absolute Gasteiger partial charge is 0.309 e. The highest BCUT2D eigenvalue weighted by molar-refractivity contribution is 5.76. The van der Waals surface area contributed by atoms with Crippen LogP contribution >= 0.6 is 0 Å². The van der Waals surface area contributed by atoms with Crippen LogP contribution in [0.15, 0.2) is 11.1 Å². The highest BCUT2D eigenvalue weighted by atomic mass is 16.6. The Morgan fingerprint density at radius 3 is 2.36 bits per heavy atom. The van der Waals surface area contributed by atoms with Crippen LogP contribution < -0.4 is 0 Å². The second-order valence-corrected chi connectivity index (χ2v) is 15.2. The molecule has 5 rings (SSSR count). The largest absolute Gasteiger partial charge is 0.481 e. The molecule has 9 atom stereocenters. The summed E-state index contributed by atoms with van der Waals surface area (Å²) in [5.74, 6) is -1.06. The zero-order chi connectivity index (χ0) is 28.9. The number of hydrogen-bond acceptors (Lipinski definition) is 6. The number of carbonyl (C=O) groups excluding carboxylic acids is 2. The Hall–Kier alpha value is -1.89. The van der Waals surface area contributed by atoms with E-state index in [1.165, 1.54) is 18.1 Å². The zero-order valence-electron chi connectivity index (χ0n) is 25.3. The predicted octanol–water partition coefficient (Wildman–Crippen LogP) is 6.09. The number of esters is 2. The number of carboxylic acid groups (broad SMARTS) is 1. The molecule has 0 amide bonds. The van der Waals surface area contributed by atoms with E-state index in [-0.39, 0.29) is 70.9 Å². The highest BCUT2D eigenvalue weighted by Crippen LogP contribution is 2.74. The molecule has 2 saturated carbocycles. The lowest BCUT2D eigenvalue weighted by Crippen LogP contribution is -2.67. The van der Waals surface area contributed by atoms with E-state index in [1.54, 1.807) is 0 Å². The molecule has 5 aliphatic rings. The molecular weight excluding hydrogens is 496 g/mol. The standard InChI is InChI=1S/C32H48O7/c1-17(14-22(37-18(2)33)26-29(5,6)39-26)19-10-12-31(8)20(19)15-21-25-30(7,16-24(34)38-21)23(11-13-32(25,31)9)28(3,4)27(35)36/h17,21-23,25-26H,10-16H2,1-9H3,(H,35,36). The quantitative estimate of drug-likeness (QED) is 0.235. The molecule has 3 aliphatic carbocycles. The van der Waals surface area contributed by atoms with E-state index in [2.05, 4.69) is 27.7 Å². The highest BCUT2D eigenvalue weighted by Gasteiger charge is 2.71. The van der Waals surface area contributed by atoms with Gasteiger partial charge in [0.05, 0.1) is 17.4 Å². The molecule has 0 aromatic rings. The molecular formula is C32H48O7. The average Bonchev–Trinajstić information content (AvgIpc) is 3.28. The van der Waals surface area contributed by atoms with E-state index in [4.69, 9.17) is 14.2 Å². The maximum Gasteiger partial charge on any atom is 0.309 e. The number of rotatable bonds is 7. The Labute approximate surface area is 233 Å². The SMILES string of the molecule is CC(=O)OC(CC(C)C1=C2CC3OC(=O)CC4(C)C(C(C)(C)C(=O)O)CCC(C)(C34)C2(C)CC1)C1OC1(C)C. The number of ether oxygens (including phenoxy) is 3. The first kappa shape index (κ1) is 28.6. The molecule has 39 heavy (non-hydrogen) atoms. The summed E-state index contributed by atoms with van der Waals surface area (Å²) >= 11 is 0. The minimum Gasteiger partial charge on any atom is -0.481 e. The number of allylic oxidation sites excluding steroid dienone is 1. The normalized spacial score (nSPS) is 42.1. The van der Waals surface area contributed by atoms with Gasteiger partial charge in [0.25, 0.3) is 0 Å². The third-order valence-corrected chi connectivity index (χ3v) is 12.3. The van der Waals surface area contributed by atoms with E-state index in [9.17, 15) is 19.5 Å². The summed E-state index contributed by atoms with van der Waals surface area (Å²) in [6.07, 6.45) is 4.82. The summed E-state index contributed by atoms with van der Waals surface area (Å²) in [7, 11) is 0. The van der Waals surface area contributed by atoms with Crippen LogP contribution in [0.4, 0.5) is 0 Å². The average molecular weight is 545 g/mol. The van der Waals surface area contributed by atoms with Gasteiger partial charge in [-0.1, -0.05) is 38.8 Å². The molecule has 0 spiro atoms. The molecule has 1 N–H and O–H groups in total. The Morgan fingerprint density at radius 1 is 1.15 bits per heavy atom. The summed E-state index contributed by atoms with van der Waals surface area (Å²) < 4.78 is 17.8. The summed E-state index contributed by atoms with van der Waals surface area (Å²) in [4.78, 5) is 37.4. The van der Waals surface area contributed by atoms with Gasteiger partial charge in [0.2, 0.25) is 0 Å². The lowest BCUT2D eigenvalue weighted by atomic mass is 9.37. The number of fused-ring (bicyclic) bond motifs is 2. The van der Waals surface area contributed by atoms with Crippen LogP contribution in [0.5, 0.6) is 0 Å². The number of epoxide rings is 1. The van der Waals surface area contributed by atoms with Gasteiger partial charge < -0.3 is 19.3 Å². The molecule has 2 heterocycles. The van der Waals surface area contributed by atoms with Gasteiger partial charge in [-0.25, -0.2) is 0 Å². The van der Waals surface area contributed by atoms with E-state index < -0.39 is 16.8 Å². The molecule has 0 aromatic carbocycles. The van der Waals surface area contributed by atoms with Crippen molar-refractivity contribution in [1.82, 2.24) is 0 Å². The van der Waals surface area contributed by atoms with Crippen molar-refractivity contribution in [2.75, 3.05) is 0 Å². The third-order valence-electron chi connectivity index (χ3n) is 12.3. The molecule has 7 nitrogen and oxygen atoms in total.